The molecule has 0 saturated carbocycles. The van der Waals surface area contributed by atoms with Crippen molar-refractivity contribution in [2.24, 2.45) is 4.99 Å². The number of carbonyl (C=O) groups is 1. The Morgan fingerprint density at radius 1 is 1.35 bits per heavy atom. The molecule has 144 valence electrons. The fourth-order valence-electron chi connectivity index (χ4n) is 2.56. The number of benzene rings is 1. The molecule has 7 heteroatoms. The zero-order valence-electron chi connectivity index (χ0n) is 15.9. The number of morpholine rings is 1. The van der Waals surface area contributed by atoms with Crippen molar-refractivity contribution in [3.8, 4) is 5.75 Å². The smallest absolute Gasteiger partial charge is 0.291 e. The molecule has 0 atom stereocenters. The maximum Gasteiger partial charge on any atom is 0.291 e. The van der Waals surface area contributed by atoms with Gasteiger partial charge in [-0.3, -0.25) is 15.0 Å². The SMILES string of the molecule is COc1cccc(C(=O)NC(=NCCCN2CCOCC2)OC(C)C)c1. The largest absolute Gasteiger partial charge is 0.497 e. The molecule has 1 amide bonds. The van der Waals surface area contributed by atoms with E-state index in [-0.39, 0.29) is 18.0 Å². The van der Waals surface area contributed by atoms with Crippen molar-refractivity contribution in [1.82, 2.24) is 10.2 Å². The minimum absolute atomic E-state index is 0.0707. The van der Waals surface area contributed by atoms with Crippen LogP contribution in [0.5, 0.6) is 5.75 Å². The van der Waals surface area contributed by atoms with Crippen LogP contribution in [-0.4, -0.2) is 69.4 Å². The number of nitrogens with zero attached hydrogens (tertiary/aromatic N) is 2. The Bertz CT molecular complexity index is 598. The monoisotopic (exact) mass is 363 g/mol. The standard InChI is InChI=1S/C19H29N3O4/c1-15(2)26-19(20-8-5-9-22-10-12-25-13-11-22)21-18(23)16-6-4-7-17(14-16)24-3/h4,6-7,14-15H,5,8-13H2,1-3H3,(H,20,21,23). The molecule has 1 aromatic carbocycles. The van der Waals surface area contributed by atoms with Crippen molar-refractivity contribution in [2.45, 2.75) is 26.4 Å². The molecule has 1 aliphatic rings. The molecule has 0 bridgehead atoms. The first-order chi connectivity index (χ1) is 12.6. The van der Waals surface area contributed by atoms with E-state index >= 15 is 0 Å². The van der Waals surface area contributed by atoms with Crippen LogP contribution in [0.2, 0.25) is 0 Å². The van der Waals surface area contributed by atoms with Gasteiger partial charge in [-0.25, -0.2) is 4.99 Å². The van der Waals surface area contributed by atoms with Gasteiger partial charge in [-0.05, 0) is 38.5 Å². The summed E-state index contributed by atoms with van der Waals surface area (Å²) in [5, 5.41) is 2.75. The summed E-state index contributed by atoms with van der Waals surface area (Å²) >= 11 is 0. The second-order valence-electron chi connectivity index (χ2n) is 6.35. The predicted octanol–water partition coefficient (Wildman–Crippen LogP) is 1.93. The highest BCUT2D eigenvalue weighted by Crippen LogP contribution is 2.12. The molecule has 0 aliphatic carbocycles. The van der Waals surface area contributed by atoms with Crippen molar-refractivity contribution in [2.75, 3.05) is 46.5 Å². The lowest BCUT2D eigenvalue weighted by atomic mass is 10.2. The van der Waals surface area contributed by atoms with Crippen LogP contribution < -0.4 is 10.1 Å². The summed E-state index contributed by atoms with van der Waals surface area (Å²) in [6, 6.07) is 7.23. The summed E-state index contributed by atoms with van der Waals surface area (Å²) in [5.74, 6) is 0.364. The number of amidine groups is 1. The normalized spacial score (nSPS) is 15.8. The van der Waals surface area contributed by atoms with Crippen molar-refractivity contribution in [3.05, 3.63) is 29.8 Å². The molecule has 1 N–H and O–H groups in total. The number of amides is 1. The van der Waals surface area contributed by atoms with E-state index in [0.29, 0.717) is 17.9 Å². The highest BCUT2D eigenvalue weighted by atomic mass is 16.5. The molecule has 26 heavy (non-hydrogen) atoms. The molecule has 0 unspecified atom stereocenters. The Morgan fingerprint density at radius 2 is 2.12 bits per heavy atom. The number of nitrogens with one attached hydrogen (secondary N) is 1. The van der Waals surface area contributed by atoms with Crippen LogP contribution >= 0.6 is 0 Å². The maximum atomic E-state index is 12.4. The molecular weight excluding hydrogens is 334 g/mol. The quantitative estimate of drug-likeness (QED) is 0.455. The fourth-order valence-corrected chi connectivity index (χ4v) is 2.56. The molecule has 1 aliphatic heterocycles. The second-order valence-corrected chi connectivity index (χ2v) is 6.35. The Morgan fingerprint density at radius 3 is 2.81 bits per heavy atom. The molecule has 0 radical (unpaired) electrons. The molecule has 0 spiro atoms. The zero-order chi connectivity index (χ0) is 18.8. The van der Waals surface area contributed by atoms with Gasteiger partial charge in [0, 0.05) is 31.7 Å². The molecule has 7 nitrogen and oxygen atoms in total. The lowest BCUT2D eigenvalue weighted by molar-refractivity contribution is 0.0377. The van der Waals surface area contributed by atoms with Crippen LogP contribution in [0, 0.1) is 0 Å². The molecule has 1 heterocycles. The highest BCUT2D eigenvalue weighted by Gasteiger charge is 2.13. The zero-order valence-corrected chi connectivity index (χ0v) is 15.9. The third-order valence-corrected chi connectivity index (χ3v) is 3.89. The van der Waals surface area contributed by atoms with E-state index in [0.717, 1.165) is 39.3 Å². The summed E-state index contributed by atoms with van der Waals surface area (Å²) < 4.78 is 16.1. The number of methoxy groups -OCH3 is 1. The Balaban J connectivity index is 1.89. The molecule has 1 saturated heterocycles. The van der Waals surface area contributed by atoms with Crippen molar-refractivity contribution < 1.29 is 19.0 Å². The summed E-state index contributed by atoms with van der Waals surface area (Å²) in [4.78, 5) is 19.2. The second kappa shape index (κ2) is 10.8. The van der Waals surface area contributed by atoms with Crippen LogP contribution in [-0.2, 0) is 9.47 Å². The predicted molar refractivity (Wildman–Crippen MR) is 101 cm³/mol. The van der Waals surface area contributed by atoms with E-state index in [4.69, 9.17) is 14.2 Å². The first kappa shape index (κ1) is 20.2. The van der Waals surface area contributed by atoms with Crippen molar-refractivity contribution in [1.29, 1.82) is 0 Å². The van der Waals surface area contributed by atoms with Crippen LogP contribution in [0.25, 0.3) is 0 Å². The fraction of sp³-hybridized carbons (Fsp3) is 0.579. The van der Waals surface area contributed by atoms with Crippen molar-refractivity contribution in [3.63, 3.8) is 0 Å². The maximum absolute atomic E-state index is 12.4. The third-order valence-electron chi connectivity index (χ3n) is 3.89. The van der Waals surface area contributed by atoms with Gasteiger partial charge in [0.15, 0.2) is 0 Å². The van der Waals surface area contributed by atoms with Gasteiger partial charge in [0.2, 0.25) is 0 Å². The minimum atomic E-state index is -0.267. The third kappa shape index (κ3) is 7.01. The number of hydrogen-bond acceptors (Lipinski definition) is 6. The van der Waals surface area contributed by atoms with Crippen LogP contribution in [0.15, 0.2) is 29.3 Å². The van der Waals surface area contributed by atoms with Crippen LogP contribution in [0.3, 0.4) is 0 Å². The van der Waals surface area contributed by atoms with Gasteiger partial charge in [-0.15, -0.1) is 0 Å². The summed E-state index contributed by atoms with van der Waals surface area (Å²) in [7, 11) is 1.57. The molecule has 1 aromatic rings. The first-order valence-corrected chi connectivity index (χ1v) is 9.05. The number of carbonyl (C=O) groups excluding carboxylic acids is 1. The summed E-state index contributed by atoms with van der Waals surface area (Å²) in [6.45, 7) is 8.88. The topological polar surface area (TPSA) is 72.4 Å². The lowest BCUT2D eigenvalue weighted by Crippen LogP contribution is -2.37. The average Bonchev–Trinajstić information content (AvgIpc) is 2.65. The minimum Gasteiger partial charge on any atom is -0.497 e. The molecule has 2 rings (SSSR count). The van der Waals surface area contributed by atoms with Gasteiger partial charge in [-0.1, -0.05) is 6.07 Å². The van der Waals surface area contributed by atoms with Crippen LogP contribution in [0.4, 0.5) is 0 Å². The Kier molecular flexibility index (Phi) is 8.37. The van der Waals surface area contributed by atoms with Gasteiger partial charge in [0.1, 0.15) is 5.75 Å². The molecule has 0 aromatic heterocycles. The van der Waals surface area contributed by atoms with E-state index in [1.54, 1.807) is 31.4 Å². The number of ether oxygens (including phenoxy) is 3. The van der Waals surface area contributed by atoms with E-state index in [1.807, 2.05) is 13.8 Å². The Labute approximate surface area is 155 Å². The van der Waals surface area contributed by atoms with Gasteiger partial charge >= 0.3 is 0 Å². The molecule has 1 fully saturated rings. The number of aliphatic imine (C=N–C) groups is 1. The average molecular weight is 363 g/mol. The summed E-state index contributed by atoms with van der Waals surface area (Å²) in [5.41, 5.74) is 0.498. The van der Waals surface area contributed by atoms with Crippen LogP contribution in [0.1, 0.15) is 30.6 Å². The first-order valence-electron chi connectivity index (χ1n) is 9.05. The van der Waals surface area contributed by atoms with Crippen molar-refractivity contribution >= 4 is 11.9 Å². The highest BCUT2D eigenvalue weighted by molar-refractivity contribution is 6.04. The summed E-state index contributed by atoms with van der Waals surface area (Å²) in [6.07, 6.45) is 0.832. The molecular formula is C19H29N3O4. The number of rotatable bonds is 7. The van der Waals surface area contributed by atoms with E-state index < -0.39 is 0 Å². The van der Waals surface area contributed by atoms with E-state index in [1.165, 1.54) is 0 Å². The van der Waals surface area contributed by atoms with Gasteiger partial charge in [0.05, 0.1) is 26.4 Å². The number of hydrogen-bond donors (Lipinski definition) is 1. The van der Waals surface area contributed by atoms with E-state index in [9.17, 15) is 4.79 Å². The van der Waals surface area contributed by atoms with E-state index in [2.05, 4.69) is 15.2 Å². The van der Waals surface area contributed by atoms with Gasteiger partial charge in [0.25, 0.3) is 11.9 Å². The lowest BCUT2D eigenvalue weighted by Gasteiger charge is -2.26. The van der Waals surface area contributed by atoms with Gasteiger partial charge in [-0.2, -0.15) is 0 Å². The Hall–Kier alpha value is -2.12. The van der Waals surface area contributed by atoms with Gasteiger partial charge < -0.3 is 14.2 Å².